The van der Waals surface area contributed by atoms with Crippen molar-refractivity contribution < 1.29 is 9.18 Å². The van der Waals surface area contributed by atoms with Gasteiger partial charge in [0.15, 0.2) is 0 Å². The van der Waals surface area contributed by atoms with Crippen LogP contribution in [0.25, 0.3) is 11.0 Å². The predicted molar refractivity (Wildman–Crippen MR) is 67.3 cm³/mol. The Balaban J connectivity index is 0.000000581. The maximum Gasteiger partial charge on any atom is 0.250 e. The number of amides is 1. The summed E-state index contributed by atoms with van der Waals surface area (Å²) in [6, 6.07) is 1.22. The molecule has 0 aromatic carbocycles. The highest BCUT2D eigenvalue weighted by Crippen LogP contribution is 2.16. The van der Waals surface area contributed by atoms with Crippen molar-refractivity contribution in [1.29, 1.82) is 0 Å². The number of aromatic nitrogens is 2. The summed E-state index contributed by atoms with van der Waals surface area (Å²) in [6.07, 6.45) is 2.49. The molecule has 0 bridgehead atoms. The Morgan fingerprint density at radius 2 is 1.94 bits per heavy atom. The van der Waals surface area contributed by atoms with Crippen LogP contribution >= 0.6 is 0 Å². The van der Waals surface area contributed by atoms with Crippen molar-refractivity contribution in [2.75, 3.05) is 0 Å². The average Bonchev–Trinajstić information content (AvgIpc) is 2.77. The first-order valence-corrected chi connectivity index (χ1v) is 5.61. The summed E-state index contributed by atoms with van der Waals surface area (Å²) in [5.74, 6) is -1.09. The highest BCUT2D eigenvalue weighted by Gasteiger charge is 2.09. The van der Waals surface area contributed by atoms with Crippen molar-refractivity contribution in [3.05, 3.63) is 29.8 Å². The minimum atomic E-state index is -0.598. The molecular weight excluding hydrogens is 221 g/mol. The fourth-order valence-electron chi connectivity index (χ4n) is 1.18. The monoisotopic (exact) mass is 239 g/mol. The van der Waals surface area contributed by atoms with Crippen LogP contribution in [0.15, 0.2) is 18.5 Å². The zero-order chi connectivity index (χ0) is 13.4. The number of carbonyl (C=O) groups excluding carboxylic acids is 1. The normalized spacial score (nSPS) is 8.76. The molecule has 0 unspecified atom stereocenters. The quantitative estimate of drug-likeness (QED) is 0.803. The number of nitrogens with zero attached hydrogens (tertiary/aromatic N) is 1. The topological polar surface area (TPSA) is 71.8 Å². The van der Waals surface area contributed by atoms with Crippen molar-refractivity contribution in [3.8, 4) is 0 Å². The number of primary amides is 1. The molecule has 0 atom stereocenters. The van der Waals surface area contributed by atoms with Gasteiger partial charge in [-0.25, -0.2) is 9.37 Å². The second-order valence-corrected chi connectivity index (χ2v) is 2.62. The van der Waals surface area contributed by atoms with Gasteiger partial charge < -0.3 is 10.7 Å². The summed E-state index contributed by atoms with van der Waals surface area (Å²) in [5.41, 5.74) is 5.77. The van der Waals surface area contributed by atoms with Gasteiger partial charge in [-0.05, 0) is 6.07 Å². The lowest BCUT2D eigenvalue weighted by atomic mass is 10.2. The van der Waals surface area contributed by atoms with Crippen LogP contribution in [0.2, 0.25) is 0 Å². The third kappa shape index (κ3) is 3.55. The van der Waals surface area contributed by atoms with Gasteiger partial charge in [0.1, 0.15) is 11.5 Å². The van der Waals surface area contributed by atoms with Crippen LogP contribution in [0.5, 0.6) is 0 Å². The lowest BCUT2D eigenvalue weighted by Gasteiger charge is -1.91. The van der Waals surface area contributed by atoms with Gasteiger partial charge >= 0.3 is 0 Å². The number of H-pyrrole nitrogens is 1. The number of rotatable bonds is 1. The lowest BCUT2D eigenvalue weighted by Crippen LogP contribution is -2.09. The van der Waals surface area contributed by atoms with E-state index in [2.05, 4.69) is 9.97 Å². The third-order valence-electron chi connectivity index (χ3n) is 1.76. The molecule has 0 fully saturated rings. The van der Waals surface area contributed by atoms with Crippen molar-refractivity contribution in [1.82, 2.24) is 9.97 Å². The molecule has 0 aliphatic rings. The summed E-state index contributed by atoms with van der Waals surface area (Å²) >= 11 is 0. The van der Waals surface area contributed by atoms with Crippen LogP contribution in [0.1, 0.15) is 38.1 Å². The molecule has 94 valence electrons. The van der Waals surface area contributed by atoms with E-state index < -0.39 is 11.7 Å². The number of nitrogens with one attached hydrogen (secondary N) is 1. The van der Waals surface area contributed by atoms with Crippen molar-refractivity contribution in [3.63, 3.8) is 0 Å². The van der Waals surface area contributed by atoms with E-state index in [9.17, 15) is 9.18 Å². The summed E-state index contributed by atoms with van der Waals surface area (Å²) in [5, 5.41) is 0.410. The first-order chi connectivity index (χ1) is 8.18. The number of pyridine rings is 1. The smallest absolute Gasteiger partial charge is 0.250 e. The van der Waals surface area contributed by atoms with E-state index in [1.165, 1.54) is 12.3 Å². The van der Waals surface area contributed by atoms with Crippen LogP contribution in [0.4, 0.5) is 4.39 Å². The minimum Gasteiger partial charge on any atom is -0.366 e. The van der Waals surface area contributed by atoms with Gasteiger partial charge in [-0.3, -0.25) is 4.79 Å². The number of aromatic amines is 1. The molecule has 0 aliphatic heterocycles. The molecule has 2 aromatic rings. The first kappa shape index (κ1) is 15.1. The maximum atomic E-state index is 12.7. The number of halogens is 1. The molecule has 0 saturated heterocycles. The highest BCUT2D eigenvalue weighted by atomic mass is 19.1. The Bertz CT molecular complexity index is 480. The Morgan fingerprint density at radius 1 is 1.35 bits per heavy atom. The van der Waals surface area contributed by atoms with Gasteiger partial charge in [0.05, 0.1) is 11.8 Å². The molecule has 17 heavy (non-hydrogen) atoms. The summed E-state index contributed by atoms with van der Waals surface area (Å²) < 4.78 is 12.7. The molecule has 2 rings (SSSR count). The van der Waals surface area contributed by atoms with Gasteiger partial charge in [-0.2, -0.15) is 0 Å². The van der Waals surface area contributed by atoms with Crippen LogP contribution in [-0.4, -0.2) is 15.9 Å². The number of carbonyl (C=O) groups is 1. The fourth-order valence-corrected chi connectivity index (χ4v) is 1.18. The van der Waals surface area contributed by atoms with Crippen molar-refractivity contribution >= 4 is 16.9 Å². The summed E-state index contributed by atoms with van der Waals surface area (Å²) in [7, 11) is 0. The Kier molecular flexibility index (Phi) is 6.55. The van der Waals surface area contributed by atoms with Gasteiger partial charge in [-0.1, -0.05) is 27.7 Å². The molecule has 2 heterocycles. The minimum absolute atomic E-state index is 0.252. The Hall–Kier alpha value is -1.91. The summed E-state index contributed by atoms with van der Waals surface area (Å²) in [4.78, 5) is 17.3. The summed E-state index contributed by atoms with van der Waals surface area (Å²) in [6.45, 7) is 8.00. The number of hydrogen-bond donors (Lipinski definition) is 2. The maximum absolute atomic E-state index is 12.7. The van der Waals surface area contributed by atoms with E-state index in [1.807, 2.05) is 27.7 Å². The standard InChI is InChI=1S/C8H6FN3O.2C2H6/c9-4-1-5-6(7(10)13)3-12-8(5)11-2-4;2*1-2/h1-3H,(H2,10,13)(H,11,12);2*1-2H3. The van der Waals surface area contributed by atoms with E-state index in [0.29, 0.717) is 11.0 Å². The number of nitrogens with two attached hydrogens (primary N) is 1. The molecule has 5 heteroatoms. The van der Waals surface area contributed by atoms with Crippen molar-refractivity contribution in [2.45, 2.75) is 27.7 Å². The van der Waals surface area contributed by atoms with Crippen molar-refractivity contribution in [2.24, 2.45) is 5.73 Å². The second-order valence-electron chi connectivity index (χ2n) is 2.62. The molecule has 0 radical (unpaired) electrons. The average molecular weight is 239 g/mol. The van der Waals surface area contributed by atoms with E-state index in [-0.39, 0.29) is 5.56 Å². The van der Waals surface area contributed by atoms with Crippen LogP contribution < -0.4 is 5.73 Å². The first-order valence-electron chi connectivity index (χ1n) is 5.61. The number of fused-ring (bicyclic) bond motifs is 1. The highest BCUT2D eigenvalue weighted by molar-refractivity contribution is 6.05. The van der Waals surface area contributed by atoms with Crippen LogP contribution in [0, 0.1) is 5.82 Å². The van der Waals surface area contributed by atoms with E-state index in [1.54, 1.807) is 0 Å². The van der Waals surface area contributed by atoms with Crippen LogP contribution in [-0.2, 0) is 0 Å². The van der Waals surface area contributed by atoms with Crippen LogP contribution in [0.3, 0.4) is 0 Å². The zero-order valence-corrected chi connectivity index (χ0v) is 10.5. The van der Waals surface area contributed by atoms with E-state index in [0.717, 1.165) is 6.20 Å². The van der Waals surface area contributed by atoms with Gasteiger partial charge in [0.25, 0.3) is 5.91 Å². The van der Waals surface area contributed by atoms with Gasteiger partial charge in [-0.15, -0.1) is 0 Å². The zero-order valence-electron chi connectivity index (χ0n) is 10.5. The largest absolute Gasteiger partial charge is 0.366 e. The molecular formula is C12H18FN3O. The molecule has 2 aromatic heterocycles. The van der Waals surface area contributed by atoms with Gasteiger partial charge in [0, 0.05) is 11.6 Å². The molecule has 0 spiro atoms. The molecule has 3 N–H and O–H groups in total. The predicted octanol–water partition coefficient (Wildman–Crippen LogP) is 2.85. The van der Waals surface area contributed by atoms with E-state index >= 15 is 0 Å². The number of hydrogen-bond acceptors (Lipinski definition) is 2. The van der Waals surface area contributed by atoms with E-state index in [4.69, 9.17) is 5.73 Å². The molecule has 0 saturated carbocycles. The van der Waals surface area contributed by atoms with Gasteiger partial charge in [0.2, 0.25) is 0 Å². The fraction of sp³-hybridized carbons (Fsp3) is 0.333. The third-order valence-corrected chi connectivity index (χ3v) is 1.76. The molecule has 1 amide bonds. The molecule has 4 nitrogen and oxygen atoms in total. The lowest BCUT2D eigenvalue weighted by molar-refractivity contribution is 0.100. The SMILES string of the molecule is CC.CC.NC(=O)c1c[nH]c2ncc(F)cc12. The molecule has 0 aliphatic carbocycles. The second kappa shape index (κ2) is 7.38. The Morgan fingerprint density at radius 3 is 2.47 bits per heavy atom. The Labute approximate surface area is 100 Å².